The molecule has 96 valence electrons. The number of piperidine rings is 1. The van der Waals surface area contributed by atoms with Gasteiger partial charge >= 0.3 is 0 Å². The first kappa shape index (κ1) is 11.9. The minimum absolute atomic E-state index is 0.118. The van der Waals surface area contributed by atoms with Crippen LogP contribution in [0.3, 0.4) is 0 Å². The van der Waals surface area contributed by atoms with Crippen LogP contribution in [0.15, 0.2) is 10.7 Å². The van der Waals surface area contributed by atoms with E-state index in [-0.39, 0.29) is 17.9 Å². The summed E-state index contributed by atoms with van der Waals surface area (Å²) in [4.78, 5) is 22.7. The molecule has 1 aromatic heterocycles. The molecule has 18 heavy (non-hydrogen) atoms. The predicted molar refractivity (Wildman–Crippen MR) is 71.3 cm³/mol. The second-order valence-corrected chi connectivity index (χ2v) is 5.66. The fraction of sp³-hybridized carbons (Fsp3) is 0.583. The van der Waals surface area contributed by atoms with Gasteiger partial charge in [-0.25, -0.2) is 9.97 Å². The van der Waals surface area contributed by atoms with Crippen LogP contribution in [0.5, 0.6) is 0 Å². The molecule has 0 spiro atoms. The van der Waals surface area contributed by atoms with Gasteiger partial charge in [-0.2, -0.15) is 0 Å². The minimum atomic E-state index is 0.118. The van der Waals surface area contributed by atoms with E-state index >= 15 is 0 Å². The van der Waals surface area contributed by atoms with Gasteiger partial charge in [-0.1, -0.05) is 0 Å². The lowest BCUT2D eigenvalue weighted by Crippen LogP contribution is -2.46. The summed E-state index contributed by atoms with van der Waals surface area (Å²) in [6.07, 6.45) is 2.02. The summed E-state index contributed by atoms with van der Waals surface area (Å²) in [7, 11) is 0. The van der Waals surface area contributed by atoms with Crippen LogP contribution in [0.2, 0.25) is 0 Å². The van der Waals surface area contributed by atoms with Crippen LogP contribution in [0.4, 0.5) is 5.82 Å². The standard InChI is InChI=1S/C12H15BrN4O/c1-7-15-10(13)5-11(16-7)17-4-2-3-8-9(17)6-14-12(8)18/h5,8-9H,2-4,6H2,1H3,(H,14,18). The van der Waals surface area contributed by atoms with Crippen molar-refractivity contribution in [2.45, 2.75) is 25.8 Å². The first-order valence-electron chi connectivity index (χ1n) is 6.20. The number of nitrogens with zero attached hydrogens (tertiary/aromatic N) is 3. The molecule has 3 rings (SSSR count). The van der Waals surface area contributed by atoms with Crippen molar-refractivity contribution >= 4 is 27.7 Å². The van der Waals surface area contributed by atoms with Crippen LogP contribution in [-0.2, 0) is 4.79 Å². The van der Waals surface area contributed by atoms with Gasteiger partial charge in [0.25, 0.3) is 0 Å². The lowest BCUT2D eigenvalue weighted by molar-refractivity contribution is -0.122. The van der Waals surface area contributed by atoms with Crippen molar-refractivity contribution in [1.29, 1.82) is 0 Å². The molecule has 1 aromatic rings. The lowest BCUT2D eigenvalue weighted by Gasteiger charge is -2.36. The number of carbonyl (C=O) groups excluding carboxylic acids is 1. The maximum absolute atomic E-state index is 11.7. The molecule has 2 atom stereocenters. The number of nitrogens with one attached hydrogen (secondary N) is 1. The molecule has 5 nitrogen and oxygen atoms in total. The summed E-state index contributed by atoms with van der Waals surface area (Å²) in [5.74, 6) is 1.97. The number of aryl methyl sites for hydroxylation is 1. The highest BCUT2D eigenvalue weighted by Gasteiger charge is 2.41. The normalized spacial score (nSPS) is 27.0. The number of carbonyl (C=O) groups is 1. The molecule has 2 saturated heterocycles. The summed E-state index contributed by atoms with van der Waals surface area (Å²) in [6.45, 7) is 3.57. The Labute approximate surface area is 114 Å². The summed E-state index contributed by atoms with van der Waals surface area (Å²) in [5.41, 5.74) is 0. The number of halogens is 1. The first-order chi connectivity index (χ1) is 8.65. The van der Waals surface area contributed by atoms with Crippen molar-refractivity contribution in [3.63, 3.8) is 0 Å². The quantitative estimate of drug-likeness (QED) is 0.794. The van der Waals surface area contributed by atoms with E-state index in [0.717, 1.165) is 42.2 Å². The predicted octanol–water partition coefficient (Wildman–Crippen LogP) is 1.26. The number of fused-ring (bicyclic) bond motifs is 1. The van der Waals surface area contributed by atoms with Gasteiger partial charge in [-0.15, -0.1) is 0 Å². The zero-order chi connectivity index (χ0) is 12.7. The molecule has 6 heteroatoms. The van der Waals surface area contributed by atoms with E-state index in [1.165, 1.54) is 0 Å². The van der Waals surface area contributed by atoms with Gasteiger partial charge in [0.15, 0.2) is 0 Å². The molecule has 1 amide bonds. The van der Waals surface area contributed by atoms with Crippen LogP contribution in [0.25, 0.3) is 0 Å². The van der Waals surface area contributed by atoms with Gasteiger partial charge in [-0.05, 0) is 35.7 Å². The van der Waals surface area contributed by atoms with Crippen LogP contribution in [-0.4, -0.2) is 35.0 Å². The Hall–Kier alpha value is -1.17. The van der Waals surface area contributed by atoms with Crippen LogP contribution in [0.1, 0.15) is 18.7 Å². The van der Waals surface area contributed by atoms with Gasteiger partial charge < -0.3 is 10.2 Å². The van der Waals surface area contributed by atoms with E-state index < -0.39 is 0 Å². The average molecular weight is 311 g/mol. The highest BCUT2D eigenvalue weighted by atomic mass is 79.9. The maximum atomic E-state index is 11.7. The van der Waals surface area contributed by atoms with Crippen molar-refractivity contribution in [2.75, 3.05) is 18.0 Å². The Bertz CT molecular complexity index is 473. The van der Waals surface area contributed by atoms with Crippen LogP contribution >= 0.6 is 15.9 Å². The molecule has 0 aliphatic carbocycles. The molecule has 2 aliphatic rings. The van der Waals surface area contributed by atoms with Crippen LogP contribution < -0.4 is 10.2 Å². The molecule has 0 radical (unpaired) electrons. The highest BCUT2D eigenvalue weighted by molar-refractivity contribution is 9.10. The number of hydrogen-bond acceptors (Lipinski definition) is 4. The van der Waals surface area contributed by atoms with Crippen molar-refractivity contribution in [3.8, 4) is 0 Å². The number of hydrogen-bond donors (Lipinski definition) is 1. The first-order valence-corrected chi connectivity index (χ1v) is 7.00. The minimum Gasteiger partial charge on any atom is -0.354 e. The molecule has 2 unspecified atom stereocenters. The third-order valence-electron chi connectivity index (χ3n) is 3.69. The Morgan fingerprint density at radius 3 is 3.11 bits per heavy atom. The van der Waals surface area contributed by atoms with E-state index in [9.17, 15) is 4.79 Å². The molecule has 2 aliphatic heterocycles. The molecule has 1 N–H and O–H groups in total. The number of aromatic nitrogens is 2. The SMILES string of the molecule is Cc1nc(Br)cc(N2CCCC3C(=O)NCC32)n1. The smallest absolute Gasteiger partial charge is 0.225 e. The van der Waals surface area contributed by atoms with E-state index in [2.05, 4.69) is 36.1 Å². The molecule has 0 saturated carbocycles. The molecule has 3 heterocycles. The van der Waals surface area contributed by atoms with Crippen molar-refractivity contribution < 1.29 is 4.79 Å². The number of amides is 1. The fourth-order valence-corrected chi connectivity index (χ4v) is 3.36. The second kappa shape index (κ2) is 4.50. The summed E-state index contributed by atoms with van der Waals surface area (Å²) in [6, 6.07) is 2.17. The van der Waals surface area contributed by atoms with Crippen LogP contribution in [0, 0.1) is 12.8 Å². The van der Waals surface area contributed by atoms with E-state index in [0.29, 0.717) is 0 Å². The van der Waals surface area contributed by atoms with Crippen molar-refractivity contribution in [1.82, 2.24) is 15.3 Å². The zero-order valence-corrected chi connectivity index (χ0v) is 11.8. The second-order valence-electron chi connectivity index (χ2n) is 4.85. The molecule has 2 fully saturated rings. The number of rotatable bonds is 1. The largest absolute Gasteiger partial charge is 0.354 e. The summed E-state index contributed by atoms with van der Waals surface area (Å²) < 4.78 is 0.796. The van der Waals surface area contributed by atoms with E-state index in [1.807, 2.05) is 13.0 Å². The Balaban J connectivity index is 1.93. The van der Waals surface area contributed by atoms with Gasteiger partial charge in [0.05, 0.1) is 12.0 Å². The average Bonchev–Trinajstić information content (AvgIpc) is 2.70. The molecule has 0 aromatic carbocycles. The molecule has 0 bridgehead atoms. The fourth-order valence-electron chi connectivity index (χ4n) is 2.90. The van der Waals surface area contributed by atoms with E-state index in [4.69, 9.17) is 0 Å². The Morgan fingerprint density at radius 2 is 2.33 bits per heavy atom. The van der Waals surface area contributed by atoms with Gasteiger partial charge in [-0.3, -0.25) is 4.79 Å². The third-order valence-corrected chi connectivity index (χ3v) is 4.09. The van der Waals surface area contributed by atoms with Gasteiger partial charge in [0, 0.05) is 19.2 Å². The lowest BCUT2D eigenvalue weighted by atomic mass is 9.91. The van der Waals surface area contributed by atoms with Crippen molar-refractivity contribution in [2.24, 2.45) is 5.92 Å². The topological polar surface area (TPSA) is 58.1 Å². The third kappa shape index (κ3) is 1.98. The zero-order valence-electron chi connectivity index (χ0n) is 10.2. The maximum Gasteiger partial charge on any atom is 0.225 e. The van der Waals surface area contributed by atoms with Crippen molar-refractivity contribution in [3.05, 3.63) is 16.5 Å². The van der Waals surface area contributed by atoms with Gasteiger partial charge in [0.1, 0.15) is 16.2 Å². The number of anilines is 1. The van der Waals surface area contributed by atoms with E-state index in [1.54, 1.807) is 0 Å². The summed E-state index contributed by atoms with van der Waals surface area (Å²) >= 11 is 3.40. The van der Waals surface area contributed by atoms with Gasteiger partial charge in [0.2, 0.25) is 5.91 Å². The monoisotopic (exact) mass is 310 g/mol. The molecular formula is C12H15BrN4O. The Kier molecular flexibility index (Phi) is 2.97. The highest BCUT2D eigenvalue weighted by Crippen LogP contribution is 2.31. The molecular weight excluding hydrogens is 296 g/mol. The Morgan fingerprint density at radius 1 is 1.50 bits per heavy atom. The summed E-state index contributed by atoms with van der Waals surface area (Å²) in [5, 5.41) is 2.95.